The van der Waals surface area contributed by atoms with Crippen LogP contribution in [0, 0.1) is 11.8 Å². The maximum Gasteiger partial charge on any atom is 0.351 e. The molecule has 1 fully saturated rings. The minimum Gasteiger partial charge on any atom is -0.394 e. The fraction of sp³-hybridized carbons (Fsp3) is 0.500. The van der Waals surface area contributed by atoms with Crippen LogP contribution in [0.25, 0.3) is 0 Å². The summed E-state index contributed by atoms with van der Waals surface area (Å²) < 4.78 is 6.30. The van der Waals surface area contributed by atoms with Gasteiger partial charge >= 0.3 is 5.69 Å². The quantitative estimate of drug-likeness (QED) is 0.454. The molecule has 2 rings (SSSR count). The first-order valence-corrected chi connectivity index (χ1v) is 5.89. The van der Waals surface area contributed by atoms with Gasteiger partial charge in [0.25, 0.3) is 0 Å². The number of hydrogen-bond acceptors (Lipinski definition) is 7. The van der Waals surface area contributed by atoms with Crippen molar-refractivity contribution in [3.63, 3.8) is 0 Å². The maximum atomic E-state index is 11.8. The molecule has 0 aliphatic carbocycles. The van der Waals surface area contributed by atoms with Gasteiger partial charge in [0.15, 0.2) is 11.8 Å². The van der Waals surface area contributed by atoms with E-state index in [4.69, 9.17) is 15.6 Å². The van der Waals surface area contributed by atoms with E-state index in [1.165, 1.54) is 19.2 Å². The summed E-state index contributed by atoms with van der Waals surface area (Å²) in [5.74, 6) is 4.92. The second kappa shape index (κ2) is 5.22. The van der Waals surface area contributed by atoms with Crippen molar-refractivity contribution in [2.45, 2.75) is 31.0 Å². The molecule has 108 valence electrons. The van der Waals surface area contributed by atoms with Crippen molar-refractivity contribution in [1.29, 1.82) is 0 Å². The monoisotopic (exact) mass is 281 g/mol. The summed E-state index contributed by atoms with van der Waals surface area (Å²) in [5, 5.41) is 29.7. The molecule has 5 N–H and O–H groups in total. The van der Waals surface area contributed by atoms with Crippen molar-refractivity contribution in [3.05, 3.63) is 22.7 Å². The molecule has 0 bridgehead atoms. The Morgan fingerprint density at radius 2 is 2.35 bits per heavy atom. The minimum absolute atomic E-state index is 0.0219. The van der Waals surface area contributed by atoms with E-state index in [9.17, 15) is 15.0 Å². The Kier molecular flexibility index (Phi) is 3.78. The molecule has 1 aromatic heterocycles. The average molecular weight is 281 g/mol. The van der Waals surface area contributed by atoms with Gasteiger partial charge in [-0.3, -0.25) is 4.57 Å². The Hall–Kier alpha value is -1.92. The highest BCUT2D eigenvalue weighted by atomic mass is 16.6. The summed E-state index contributed by atoms with van der Waals surface area (Å²) in [6.07, 6.45) is -2.53. The van der Waals surface area contributed by atoms with Gasteiger partial charge in [-0.05, 0) is 13.0 Å². The van der Waals surface area contributed by atoms with Gasteiger partial charge in [-0.25, -0.2) is 4.79 Å². The molecule has 1 aliphatic heterocycles. The molecule has 4 atom stereocenters. The van der Waals surface area contributed by atoms with Crippen LogP contribution in [0.5, 0.6) is 0 Å². The Morgan fingerprint density at radius 1 is 1.65 bits per heavy atom. The minimum atomic E-state index is -2.02. The van der Waals surface area contributed by atoms with E-state index >= 15 is 0 Å². The number of nitrogen functional groups attached to an aromatic ring is 1. The number of aliphatic hydroxyl groups excluding tert-OH is 2. The predicted molar refractivity (Wildman–Crippen MR) is 68.3 cm³/mol. The molecule has 2 heterocycles. The van der Waals surface area contributed by atoms with E-state index in [0.29, 0.717) is 0 Å². The summed E-state index contributed by atoms with van der Waals surface area (Å²) in [6.45, 7) is 0.945. The number of ether oxygens (including phenoxy) is 1. The van der Waals surface area contributed by atoms with Gasteiger partial charge in [0, 0.05) is 6.20 Å². The van der Waals surface area contributed by atoms with Crippen molar-refractivity contribution < 1.29 is 20.1 Å². The molecule has 8 nitrogen and oxygen atoms in total. The van der Waals surface area contributed by atoms with Crippen LogP contribution >= 0.6 is 0 Å². The summed E-state index contributed by atoms with van der Waals surface area (Å²) in [4.78, 5) is 15.3. The molecule has 0 aromatic carbocycles. The number of nitrogens with two attached hydrogens (primary N) is 1. The molecule has 8 heteroatoms. The number of aromatic nitrogens is 2. The second-order valence-electron chi connectivity index (χ2n) is 4.40. The van der Waals surface area contributed by atoms with Gasteiger partial charge in [-0.2, -0.15) is 4.98 Å². The van der Waals surface area contributed by atoms with Gasteiger partial charge in [0.05, 0.1) is 6.61 Å². The molecule has 1 aliphatic rings. The van der Waals surface area contributed by atoms with Crippen LogP contribution in [0.3, 0.4) is 0 Å². The molecule has 1 aromatic rings. The zero-order chi connectivity index (χ0) is 14.9. The Labute approximate surface area is 114 Å². The number of aliphatic hydroxyl groups is 3. The first kappa shape index (κ1) is 14.5. The molecule has 0 saturated carbocycles. The van der Waals surface area contributed by atoms with E-state index in [2.05, 4.69) is 16.8 Å². The van der Waals surface area contributed by atoms with Crippen LogP contribution in [-0.4, -0.2) is 49.3 Å². The molecule has 0 radical (unpaired) electrons. The fourth-order valence-corrected chi connectivity index (χ4v) is 2.13. The van der Waals surface area contributed by atoms with Crippen LogP contribution in [-0.2, 0) is 4.74 Å². The SMILES string of the molecule is CC#CC1(O)C(n2ccc(N)nc2=O)OC(CO)[C@@H]1O. The van der Waals surface area contributed by atoms with E-state index in [0.717, 1.165) is 4.57 Å². The van der Waals surface area contributed by atoms with E-state index in [-0.39, 0.29) is 5.82 Å². The highest BCUT2D eigenvalue weighted by Gasteiger charge is 2.55. The van der Waals surface area contributed by atoms with Crippen molar-refractivity contribution in [3.8, 4) is 11.8 Å². The van der Waals surface area contributed by atoms with Gasteiger partial charge in [0.1, 0.15) is 18.0 Å². The molecular weight excluding hydrogens is 266 g/mol. The van der Waals surface area contributed by atoms with Crippen LogP contribution in [0.2, 0.25) is 0 Å². The Morgan fingerprint density at radius 3 is 2.90 bits per heavy atom. The van der Waals surface area contributed by atoms with Gasteiger partial charge in [-0.1, -0.05) is 5.92 Å². The summed E-state index contributed by atoms with van der Waals surface area (Å²) in [5.41, 5.74) is 2.61. The van der Waals surface area contributed by atoms with Crippen LogP contribution in [0.4, 0.5) is 5.82 Å². The van der Waals surface area contributed by atoms with Crippen molar-refractivity contribution in [2.75, 3.05) is 12.3 Å². The Balaban J connectivity index is 2.52. The highest BCUT2D eigenvalue weighted by molar-refractivity contribution is 5.26. The molecule has 0 spiro atoms. The van der Waals surface area contributed by atoms with Crippen molar-refractivity contribution in [1.82, 2.24) is 9.55 Å². The number of anilines is 1. The first-order valence-electron chi connectivity index (χ1n) is 5.89. The van der Waals surface area contributed by atoms with Gasteiger partial charge in [0.2, 0.25) is 0 Å². The molecule has 1 saturated heterocycles. The highest BCUT2D eigenvalue weighted by Crippen LogP contribution is 2.37. The normalized spacial score (nSPS) is 32.7. The lowest BCUT2D eigenvalue weighted by Crippen LogP contribution is -2.47. The zero-order valence-corrected chi connectivity index (χ0v) is 10.7. The summed E-state index contributed by atoms with van der Waals surface area (Å²) in [6, 6.07) is 1.35. The third kappa shape index (κ3) is 2.17. The zero-order valence-electron chi connectivity index (χ0n) is 10.7. The molecular formula is C12H15N3O5. The smallest absolute Gasteiger partial charge is 0.351 e. The van der Waals surface area contributed by atoms with E-state index in [1.807, 2.05) is 0 Å². The summed E-state index contributed by atoms with van der Waals surface area (Å²) in [7, 11) is 0. The lowest BCUT2D eigenvalue weighted by Gasteiger charge is -2.26. The van der Waals surface area contributed by atoms with Crippen LogP contribution in [0.15, 0.2) is 17.1 Å². The fourth-order valence-electron chi connectivity index (χ4n) is 2.13. The third-order valence-corrected chi connectivity index (χ3v) is 3.09. The van der Waals surface area contributed by atoms with Gasteiger partial charge in [-0.15, -0.1) is 5.92 Å². The predicted octanol–water partition coefficient (Wildman–Crippen LogP) is -2.17. The number of hydrogen-bond donors (Lipinski definition) is 4. The largest absolute Gasteiger partial charge is 0.394 e. The van der Waals surface area contributed by atoms with Gasteiger partial charge < -0.3 is 25.8 Å². The van der Waals surface area contributed by atoms with E-state index < -0.39 is 36.3 Å². The Bertz CT molecular complexity index is 619. The number of rotatable bonds is 2. The van der Waals surface area contributed by atoms with Crippen LogP contribution < -0.4 is 11.4 Å². The second-order valence-corrected chi connectivity index (χ2v) is 4.40. The molecule has 3 unspecified atom stereocenters. The number of nitrogens with zero attached hydrogens (tertiary/aromatic N) is 2. The average Bonchev–Trinajstić information content (AvgIpc) is 2.63. The first-order chi connectivity index (χ1) is 9.43. The van der Waals surface area contributed by atoms with E-state index in [1.54, 1.807) is 0 Å². The van der Waals surface area contributed by atoms with Crippen molar-refractivity contribution in [2.24, 2.45) is 0 Å². The molecule has 20 heavy (non-hydrogen) atoms. The lowest BCUT2D eigenvalue weighted by atomic mass is 9.94. The standard InChI is InChI=1S/C12H15N3O5/c1-2-4-12(19)9(17)7(6-16)20-10(12)15-5-3-8(13)14-11(15)18/h3,5,7,9-10,16-17,19H,6H2,1H3,(H2,13,14,18)/t7?,9-,10?,12?/m0/s1. The van der Waals surface area contributed by atoms with Crippen molar-refractivity contribution >= 4 is 5.82 Å². The topological polar surface area (TPSA) is 131 Å². The summed E-state index contributed by atoms with van der Waals surface area (Å²) >= 11 is 0. The lowest BCUT2D eigenvalue weighted by molar-refractivity contribution is -0.0764. The van der Waals surface area contributed by atoms with Crippen LogP contribution in [0.1, 0.15) is 13.2 Å². The third-order valence-electron chi connectivity index (χ3n) is 3.09. The molecule has 0 amide bonds. The maximum absolute atomic E-state index is 11.8.